The molecular formula is C16H20ClNS. The Bertz CT molecular complexity index is 533. The molecule has 102 valence electrons. The number of halogens is 1. The van der Waals surface area contributed by atoms with Gasteiger partial charge < -0.3 is 5.32 Å². The molecule has 3 heteroatoms. The smallest absolute Gasteiger partial charge is 0.0438 e. The van der Waals surface area contributed by atoms with Crippen LogP contribution in [0.3, 0.4) is 0 Å². The SMILES string of the molecule is CCNC(c1ccc(-c2cccc(Cl)c2)s1)C(C)C. The number of thiophene rings is 1. The first-order valence-corrected chi connectivity index (χ1v) is 7.90. The minimum Gasteiger partial charge on any atom is -0.309 e. The highest BCUT2D eigenvalue weighted by Crippen LogP contribution is 2.34. The highest BCUT2D eigenvalue weighted by atomic mass is 35.5. The fourth-order valence-electron chi connectivity index (χ4n) is 2.20. The van der Waals surface area contributed by atoms with E-state index in [4.69, 9.17) is 11.6 Å². The van der Waals surface area contributed by atoms with Gasteiger partial charge in [-0.1, -0.05) is 44.5 Å². The van der Waals surface area contributed by atoms with E-state index in [1.54, 1.807) is 0 Å². The second kappa shape index (κ2) is 6.56. The van der Waals surface area contributed by atoms with Crippen molar-refractivity contribution in [3.8, 4) is 10.4 Å². The average molecular weight is 294 g/mol. The Morgan fingerprint density at radius 2 is 2.00 bits per heavy atom. The molecule has 1 unspecified atom stereocenters. The second-order valence-corrected chi connectivity index (χ2v) is 6.54. The van der Waals surface area contributed by atoms with Crippen molar-refractivity contribution in [2.75, 3.05) is 6.54 Å². The Morgan fingerprint density at radius 1 is 1.21 bits per heavy atom. The third-order valence-electron chi connectivity index (χ3n) is 3.13. The summed E-state index contributed by atoms with van der Waals surface area (Å²) in [5, 5.41) is 4.35. The zero-order chi connectivity index (χ0) is 13.8. The summed E-state index contributed by atoms with van der Waals surface area (Å²) < 4.78 is 0. The molecule has 0 radical (unpaired) electrons. The molecular weight excluding hydrogens is 274 g/mol. The summed E-state index contributed by atoms with van der Waals surface area (Å²) in [5.74, 6) is 0.589. The molecule has 0 saturated heterocycles. The van der Waals surface area contributed by atoms with Crippen LogP contribution < -0.4 is 5.32 Å². The first kappa shape index (κ1) is 14.6. The van der Waals surface area contributed by atoms with Crippen LogP contribution in [0.4, 0.5) is 0 Å². The van der Waals surface area contributed by atoms with Crippen molar-refractivity contribution < 1.29 is 0 Å². The van der Waals surface area contributed by atoms with E-state index in [0.29, 0.717) is 12.0 Å². The topological polar surface area (TPSA) is 12.0 Å². The van der Waals surface area contributed by atoms with Crippen LogP contribution >= 0.6 is 22.9 Å². The summed E-state index contributed by atoms with van der Waals surface area (Å²) in [7, 11) is 0. The van der Waals surface area contributed by atoms with Crippen molar-refractivity contribution in [1.29, 1.82) is 0 Å². The summed E-state index contributed by atoms with van der Waals surface area (Å²) >= 11 is 7.91. The minimum absolute atomic E-state index is 0.433. The lowest BCUT2D eigenvalue weighted by Crippen LogP contribution is -2.24. The third-order valence-corrected chi connectivity index (χ3v) is 4.59. The molecule has 1 atom stereocenters. The largest absolute Gasteiger partial charge is 0.309 e. The van der Waals surface area contributed by atoms with Crippen molar-refractivity contribution in [1.82, 2.24) is 5.32 Å². The van der Waals surface area contributed by atoms with Crippen LogP contribution in [0.2, 0.25) is 5.02 Å². The van der Waals surface area contributed by atoms with Gasteiger partial charge in [-0.15, -0.1) is 11.3 Å². The fraction of sp³-hybridized carbons (Fsp3) is 0.375. The van der Waals surface area contributed by atoms with E-state index in [9.17, 15) is 0 Å². The second-order valence-electron chi connectivity index (χ2n) is 4.99. The maximum Gasteiger partial charge on any atom is 0.0438 e. The molecule has 1 heterocycles. The van der Waals surface area contributed by atoms with E-state index in [1.807, 2.05) is 29.5 Å². The normalized spacial score (nSPS) is 12.9. The van der Waals surface area contributed by atoms with E-state index >= 15 is 0 Å². The number of hydrogen-bond acceptors (Lipinski definition) is 2. The van der Waals surface area contributed by atoms with E-state index < -0.39 is 0 Å². The number of rotatable bonds is 5. The Morgan fingerprint density at radius 3 is 2.63 bits per heavy atom. The maximum atomic E-state index is 6.06. The van der Waals surface area contributed by atoms with Gasteiger partial charge in [-0.25, -0.2) is 0 Å². The average Bonchev–Trinajstić information content (AvgIpc) is 2.84. The monoisotopic (exact) mass is 293 g/mol. The zero-order valence-electron chi connectivity index (χ0n) is 11.6. The summed E-state index contributed by atoms with van der Waals surface area (Å²) in [6.45, 7) is 7.66. The molecule has 0 spiro atoms. The number of nitrogens with one attached hydrogen (secondary N) is 1. The predicted octanol–water partition coefficient (Wildman–Crippen LogP) is 5.38. The molecule has 0 saturated carbocycles. The van der Waals surface area contributed by atoms with Crippen LogP contribution in [-0.2, 0) is 0 Å². The van der Waals surface area contributed by atoms with Gasteiger partial charge in [0.1, 0.15) is 0 Å². The summed E-state index contributed by atoms with van der Waals surface area (Å²) in [5.41, 5.74) is 1.20. The third kappa shape index (κ3) is 3.59. The van der Waals surface area contributed by atoms with Gasteiger partial charge in [0.15, 0.2) is 0 Å². The van der Waals surface area contributed by atoms with Gasteiger partial charge in [0.05, 0.1) is 0 Å². The van der Waals surface area contributed by atoms with Crippen molar-refractivity contribution in [3.05, 3.63) is 46.3 Å². The van der Waals surface area contributed by atoms with Gasteiger partial charge in [0.25, 0.3) is 0 Å². The minimum atomic E-state index is 0.433. The van der Waals surface area contributed by atoms with Gasteiger partial charge in [-0.05, 0) is 42.3 Å². The van der Waals surface area contributed by atoms with E-state index in [0.717, 1.165) is 11.6 Å². The zero-order valence-corrected chi connectivity index (χ0v) is 13.2. The van der Waals surface area contributed by atoms with Crippen LogP contribution in [0.25, 0.3) is 10.4 Å². The van der Waals surface area contributed by atoms with Crippen molar-refractivity contribution >= 4 is 22.9 Å². The first-order chi connectivity index (χ1) is 9.11. The lowest BCUT2D eigenvalue weighted by molar-refractivity contribution is 0.428. The number of benzene rings is 1. The number of hydrogen-bond donors (Lipinski definition) is 1. The van der Waals surface area contributed by atoms with Crippen LogP contribution in [0.5, 0.6) is 0 Å². The molecule has 0 aliphatic heterocycles. The Hall–Kier alpha value is -0.830. The van der Waals surface area contributed by atoms with Crippen LogP contribution in [0.15, 0.2) is 36.4 Å². The van der Waals surface area contributed by atoms with Crippen molar-refractivity contribution in [3.63, 3.8) is 0 Å². The molecule has 2 rings (SSSR count). The molecule has 0 bridgehead atoms. The van der Waals surface area contributed by atoms with Gasteiger partial charge in [0, 0.05) is 20.8 Å². The fourth-order valence-corrected chi connectivity index (χ4v) is 3.65. The van der Waals surface area contributed by atoms with Crippen molar-refractivity contribution in [2.45, 2.75) is 26.8 Å². The van der Waals surface area contributed by atoms with Crippen LogP contribution in [0, 0.1) is 5.92 Å². The standard InChI is InChI=1S/C16H20ClNS/c1-4-18-16(11(2)3)15-9-8-14(19-15)12-6-5-7-13(17)10-12/h5-11,16,18H,4H2,1-3H3. The summed E-state index contributed by atoms with van der Waals surface area (Å²) in [6, 6.07) is 12.9. The Labute approximate surface area is 124 Å². The van der Waals surface area contributed by atoms with Gasteiger partial charge >= 0.3 is 0 Å². The lowest BCUT2D eigenvalue weighted by atomic mass is 10.0. The summed E-state index contributed by atoms with van der Waals surface area (Å²) in [4.78, 5) is 2.67. The van der Waals surface area contributed by atoms with Gasteiger partial charge in [-0.2, -0.15) is 0 Å². The molecule has 1 N–H and O–H groups in total. The maximum absolute atomic E-state index is 6.06. The predicted molar refractivity (Wildman–Crippen MR) is 86.0 cm³/mol. The Kier molecular flexibility index (Phi) is 5.03. The molecule has 0 aliphatic rings. The van der Waals surface area contributed by atoms with Crippen LogP contribution in [-0.4, -0.2) is 6.54 Å². The molecule has 0 aliphatic carbocycles. The lowest BCUT2D eigenvalue weighted by Gasteiger charge is -2.20. The van der Waals surface area contributed by atoms with Crippen LogP contribution in [0.1, 0.15) is 31.7 Å². The van der Waals surface area contributed by atoms with E-state index in [1.165, 1.54) is 15.3 Å². The van der Waals surface area contributed by atoms with Gasteiger partial charge in [-0.3, -0.25) is 0 Å². The van der Waals surface area contributed by atoms with E-state index in [2.05, 4.69) is 44.3 Å². The highest BCUT2D eigenvalue weighted by Gasteiger charge is 2.16. The molecule has 19 heavy (non-hydrogen) atoms. The van der Waals surface area contributed by atoms with Crippen molar-refractivity contribution in [2.24, 2.45) is 5.92 Å². The molecule has 0 fully saturated rings. The molecule has 1 nitrogen and oxygen atoms in total. The highest BCUT2D eigenvalue weighted by molar-refractivity contribution is 7.15. The first-order valence-electron chi connectivity index (χ1n) is 6.71. The molecule has 1 aromatic heterocycles. The molecule has 1 aromatic carbocycles. The quantitative estimate of drug-likeness (QED) is 0.781. The molecule has 2 aromatic rings. The molecule has 0 amide bonds. The van der Waals surface area contributed by atoms with E-state index in [-0.39, 0.29) is 0 Å². The summed E-state index contributed by atoms with van der Waals surface area (Å²) in [6.07, 6.45) is 0. The van der Waals surface area contributed by atoms with Gasteiger partial charge in [0.2, 0.25) is 0 Å². The Balaban J connectivity index is 2.27.